The van der Waals surface area contributed by atoms with Crippen molar-refractivity contribution in [1.29, 1.82) is 0 Å². The summed E-state index contributed by atoms with van der Waals surface area (Å²) in [5, 5.41) is 11.4. The number of rotatable bonds is 7. The van der Waals surface area contributed by atoms with E-state index in [9.17, 15) is 9.90 Å². The third kappa shape index (κ3) is 7.34. The molecule has 3 aromatic heterocycles. The smallest absolute Gasteiger partial charge is 0.216 e. The van der Waals surface area contributed by atoms with Gasteiger partial charge in [0.25, 0.3) is 0 Å². The molecule has 4 aromatic rings. The van der Waals surface area contributed by atoms with E-state index in [2.05, 4.69) is 16.0 Å². The summed E-state index contributed by atoms with van der Waals surface area (Å²) in [5.41, 5.74) is 2.54. The first-order valence-electron chi connectivity index (χ1n) is 16.2. The Hall–Kier alpha value is -2.82. The summed E-state index contributed by atoms with van der Waals surface area (Å²) in [6.07, 6.45) is 8.59. The van der Waals surface area contributed by atoms with Crippen LogP contribution in [0.15, 0.2) is 58.8 Å². The number of allylic oxidation sites excluding steroid dienone is 2. The average molecular weight is 736 g/mol. The van der Waals surface area contributed by atoms with Gasteiger partial charge in [-0.05, 0) is 62.3 Å². The van der Waals surface area contributed by atoms with Crippen LogP contribution in [-0.2, 0) is 24.9 Å². The third-order valence-corrected chi connectivity index (χ3v) is 8.33. The Bertz CT molecular complexity index is 1690. The Morgan fingerprint density at radius 2 is 1.83 bits per heavy atom. The molecule has 221 valence electrons. The van der Waals surface area contributed by atoms with Crippen molar-refractivity contribution in [3.63, 3.8) is 0 Å². The Labute approximate surface area is 263 Å². The van der Waals surface area contributed by atoms with Crippen molar-refractivity contribution >= 4 is 27.9 Å². The molecule has 1 radical (unpaired) electrons. The number of furan rings is 1. The number of aliphatic hydroxyl groups excluding tert-OH is 1. The summed E-state index contributed by atoms with van der Waals surface area (Å²) in [6, 6.07) is 14.0. The molecular formula is C35H43IrN2O3-. The molecule has 1 saturated carbocycles. The number of nitrogens with zero attached hydrogens (tertiary/aromatic N) is 2. The first kappa shape index (κ1) is 27.0. The number of fused-ring (bicyclic) bond motifs is 3. The predicted octanol–water partition coefficient (Wildman–Crippen LogP) is 9.68. The quantitative estimate of drug-likeness (QED) is 0.116. The van der Waals surface area contributed by atoms with Crippen LogP contribution in [0, 0.1) is 23.7 Å². The van der Waals surface area contributed by atoms with Crippen LogP contribution in [0.25, 0.3) is 33.3 Å². The maximum atomic E-state index is 11.8. The molecule has 0 aliphatic heterocycles. The number of carbonyl (C=O) groups is 1. The summed E-state index contributed by atoms with van der Waals surface area (Å²) < 4.78 is 37.5. The van der Waals surface area contributed by atoms with E-state index in [1.165, 1.54) is 12.1 Å². The van der Waals surface area contributed by atoms with E-state index in [0.29, 0.717) is 22.6 Å². The first-order chi connectivity index (χ1) is 20.5. The number of carbonyl (C=O) groups excluding carboxylic acids is 1. The molecule has 1 aliphatic carbocycles. The number of pyridine rings is 2. The van der Waals surface area contributed by atoms with E-state index in [-0.39, 0.29) is 48.2 Å². The van der Waals surface area contributed by atoms with Gasteiger partial charge in [-0.1, -0.05) is 77.0 Å². The fourth-order valence-corrected chi connectivity index (χ4v) is 4.56. The Kier molecular flexibility index (Phi) is 8.86. The predicted molar refractivity (Wildman–Crippen MR) is 163 cm³/mol. The zero-order chi connectivity index (χ0) is 32.5. The number of aryl methyl sites for hydroxylation is 1. The maximum Gasteiger partial charge on any atom is 0.216 e. The van der Waals surface area contributed by atoms with Gasteiger partial charge in [0.2, 0.25) is 5.71 Å². The molecule has 5 nitrogen and oxygen atoms in total. The van der Waals surface area contributed by atoms with Crippen molar-refractivity contribution in [1.82, 2.24) is 9.97 Å². The fourth-order valence-electron chi connectivity index (χ4n) is 4.56. The molecule has 5 rings (SSSR count). The summed E-state index contributed by atoms with van der Waals surface area (Å²) in [4.78, 5) is 20.6. The van der Waals surface area contributed by atoms with Gasteiger partial charge in [-0.2, -0.15) is 0 Å². The van der Waals surface area contributed by atoms with E-state index in [1.807, 2.05) is 65.8 Å². The van der Waals surface area contributed by atoms with Crippen molar-refractivity contribution in [2.45, 2.75) is 92.8 Å². The summed E-state index contributed by atoms with van der Waals surface area (Å²) in [5.74, 6) is -0.365. The van der Waals surface area contributed by atoms with Crippen LogP contribution < -0.4 is 0 Å². The maximum absolute atomic E-state index is 11.8. The number of hydrogen-bond acceptors (Lipinski definition) is 5. The van der Waals surface area contributed by atoms with Gasteiger partial charge in [0.05, 0.1) is 5.58 Å². The van der Waals surface area contributed by atoms with Crippen LogP contribution in [0.4, 0.5) is 0 Å². The van der Waals surface area contributed by atoms with E-state index in [4.69, 9.17) is 9.90 Å². The molecule has 6 heteroatoms. The standard InChI is InChI=1S/C22H19N2O.C13H24O2.Ir/c1-14-9-10-18-17-7-4-8-19(21(17)25-22(18)24-14)20-13-16(11-12-23-20)15-5-2-3-6-15;1-7-12(3,4)10(14)9-11(15)13(5,6)8-2;/h4,7,9-13,15H,2-3,5-6H2,1H3;9,14H,7-8H2,1-6H3;/q-1;;/b;10-9-;/i1D3,15D;;. The van der Waals surface area contributed by atoms with E-state index < -0.39 is 12.7 Å². The van der Waals surface area contributed by atoms with Crippen LogP contribution in [0.5, 0.6) is 0 Å². The molecule has 1 aliphatic rings. The zero-order valence-electron chi connectivity index (χ0n) is 28.9. The minimum Gasteiger partial charge on any atom is -0.512 e. The minimum atomic E-state index is -2.29. The summed E-state index contributed by atoms with van der Waals surface area (Å²) >= 11 is 0. The van der Waals surface area contributed by atoms with E-state index in [1.54, 1.807) is 12.3 Å². The summed E-state index contributed by atoms with van der Waals surface area (Å²) in [7, 11) is 0. The van der Waals surface area contributed by atoms with Crippen LogP contribution in [0.1, 0.15) is 103 Å². The van der Waals surface area contributed by atoms with Gasteiger partial charge in [-0.3, -0.25) is 4.79 Å². The van der Waals surface area contributed by atoms with Crippen LogP contribution >= 0.6 is 0 Å². The van der Waals surface area contributed by atoms with Crippen LogP contribution in [-0.4, -0.2) is 20.9 Å². The van der Waals surface area contributed by atoms with Crippen molar-refractivity contribution in [2.24, 2.45) is 10.8 Å². The first-order valence-corrected chi connectivity index (χ1v) is 14.2. The third-order valence-electron chi connectivity index (χ3n) is 8.33. The monoisotopic (exact) mass is 736 g/mol. The van der Waals surface area contributed by atoms with Crippen LogP contribution in [0.3, 0.4) is 0 Å². The van der Waals surface area contributed by atoms with Gasteiger partial charge in [0, 0.05) is 59.8 Å². The number of aromatic nitrogens is 2. The molecule has 0 spiro atoms. The molecule has 3 heterocycles. The molecule has 1 aromatic carbocycles. The van der Waals surface area contributed by atoms with Gasteiger partial charge in [0.1, 0.15) is 5.76 Å². The Balaban J connectivity index is 0.000000297. The van der Waals surface area contributed by atoms with Crippen molar-refractivity contribution in [2.75, 3.05) is 0 Å². The van der Waals surface area contributed by atoms with Gasteiger partial charge in [-0.15, -0.1) is 18.2 Å². The molecular weight excluding hydrogens is 689 g/mol. The molecule has 1 N–H and O–H groups in total. The molecule has 0 atom stereocenters. The van der Waals surface area contributed by atoms with Crippen molar-refractivity contribution < 1.29 is 39.9 Å². The number of ketones is 1. The van der Waals surface area contributed by atoms with Gasteiger partial charge in [0.15, 0.2) is 5.78 Å². The van der Waals surface area contributed by atoms with Gasteiger partial charge < -0.3 is 14.5 Å². The molecule has 0 saturated heterocycles. The Morgan fingerprint density at radius 1 is 1.12 bits per heavy atom. The van der Waals surface area contributed by atoms with Crippen molar-refractivity contribution in [3.8, 4) is 11.3 Å². The zero-order valence-corrected chi connectivity index (χ0v) is 27.2. The molecule has 0 amide bonds. The minimum absolute atomic E-state index is 0. The second-order valence-corrected chi connectivity index (χ2v) is 11.9. The average Bonchev–Trinajstić information content (AvgIpc) is 3.61. The van der Waals surface area contributed by atoms with Gasteiger partial charge in [-0.25, -0.2) is 4.98 Å². The van der Waals surface area contributed by atoms with Crippen LogP contribution in [0.2, 0.25) is 0 Å². The Morgan fingerprint density at radius 3 is 2.49 bits per heavy atom. The van der Waals surface area contributed by atoms with Gasteiger partial charge >= 0.3 is 0 Å². The summed E-state index contributed by atoms with van der Waals surface area (Å²) in [6.45, 7) is 9.36. The topological polar surface area (TPSA) is 76.2 Å². The SMILES string of the molecule is CCC(C)(C)C(=O)/C=C(\O)C(C)(C)CC.[2H]C([2H])([2H])c1ccc2c(n1)oc1c(-c3cc(C4([2H])CCCC4)ccn3)[c-]ccc12.[Ir]. The second-order valence-electron chi connectivity index (χ2n) is 11.9. The number of benzene rings is 1. The van der Waals surface area contributed by atoms with Crippen molar-refractivity contribution in [3.05, 3.63) is 71.8 Å². The number of hydrogen-bond donors (Lipinski definition) is 1. The normalized spacial score (nSPS) is 17.1. The molecule has 0 bridgehead atoms. The van der Waals surface area contributed by atoms with E-state index >= 15 is 0 Å². The number of aliphatic hydroxyl groups is 1. The second kappa shape index (κ2) is 13.4. The largest absolute Gasteiger partial charge is 0.512 e. The molecule has 0 unspecified atom stereocenters. The van der Waals surface area contributed by atoms with E-state index in [0.717, 1.165) is 54.9 Å². The molecule has 41 heavy (non-hydrogen) atoms. The molecule has 1 fully saturated rings. The fraction of sp³-hybridized carbons (Fsp3) is 0.457.